The number of halogens is 1. The summed E-state index contributed by atoms with van der Waals surface area (Å²) in [7, 11) is 0. The van der Waals surface area contributed by atoms with Gasteiger partial charge in [0.05, 0.1) is 13.0 Å². The lowest BCUT2D eigenvalue weighted by molar-refractivity contribution is -0.143. The van der Waals surface area contributed by atoms with E-state index in [0.29, 0.717) is 13.0 Å². The van der Waals surface area contributed by atoms with E-state index in [4.69, 9.17) is 4.74 Å². The summed E-state index contributed by atoms with van der Waals surface area (Å²) in [4.78, 5) is 11.0. The topological polar surface area (TPSA) is 26.3 Å². The summed E-state index contributed by atoms with van der Waals surface area (Å²) in [5, 5.41) is 0. The Balaban J connectivity index is 3.37. The van der Waals surface area contributed by atoms with E-state index in [-0.39, 0.29) is 10.8 Å². The fourth-order valence-electron chi connectivity index (χ4n) is 0.545. The Morgan fingerprint density at radius 2 is 2.20 bits per heavy atom. The van der Waals surface area contributed by atoms with Crippen molar-refractivity contribution < 1.29 is 9.53 Å². The second kappa shape index (κ2) is 5.71. The number of carbonyl (C=O) groups is 1. The van der Waals surface area contributed by atoms with Crippen molar-refractivity contribution in [2.45, 2.75) is 31.5 Å². The van der Waals surface area contributed by atoms with Gasteiger partial charge >= 0.3 is 5.97 Å². The van der Waals surface area contributed by atoms with Crippen molar-refractivity contribution >= 4 is 21.9 Å². The van der Waals surface area contributed by atoms with E-state index in [1.165, 1.54) is 0 Å². The quantitative estimate of drug-likeness (QED) is 0.523. The Bertz CT molecular complexity index is 104. The first-order valence-electron chi connectivity index (χ1n) is 3.50. The molecule has 0 bridgehead atoms. The van der Waals surface area contributed by atoms with E-state index in [9.17, 15) is 4.79 Å². The summed E-state index contributed by atoms with van der Waals surface area (Å²) in [6, 6.07) is 0. The zero-order valence-electron chi connectivity index (χ0n) is 6.39. The third-order valence-corrected chi connectivity index (χ3v) is 2.11. The molecule has 0 fully saturated rings. The van der Waals surface area contributed by atoms with Crippen LogP contribution in [0.15, 0.2) is 0 Å². The molecule has 1 atom stereocenters. The molecule has 0 N–H and O–H groups in total. The highest BCUT2D eigenvalue weighted by molar-refractivity contribution is 9.09. The zero-order chi connectivity index (χ0) is 7.98. The lowest BCUT2D eigenvalue weighted by Crippen LogP contribution is -2.09. The molecule has 0 unspecified atom stereocenters. The molecule has 0 saturated carbocycles. The third kappa shape index (κ3) is 4.79. The van der Waals surface area contributed by atoms with Gasteiger partial charge in [-0.05, 0) is 13.3 Å². The number of hydrogen-bond acceptors (Lipinski definition) is 2. The maximum atomic E-state index is 10.8. The SMILES string of the molecule is CCOC(=O)C[C@H](Br)CC. The fourth-order valence-corrected chi connectivity index (χ4v) is 0.809. The van der Waals surface area contributed by atoms with Gasteiger partial charge in [-0.25, -0.2) is 0 Å². The Labute approximate surface area is 70.1 Å². The number of hydrogen-bond donors (Lipinski definition) is 0. The minimum Gasteiger partial charge on any atom is -0.466 e. The molecule has 0 aliphatic carbocycles. The van der Waals surface area contributed by atoms with Crippen molar-refractivity contribution in [2.24, 2.45) is 0 Å². The monoisotopic (exact) mass is 208 g/mol. The molecule has 0 amide bonds. The van der Waals surface area contributed by atoms with Gasteiger partial charge in [0.15, 0.2) is 0 Å². The molecule has 0 aromatic carbocycles. The highest BCUT2D eigenvalue weighted by Crippen LogP contribution is 2.09. The predicted octanol–water partition coefficient (Wildman–Crippen LogP) is 2.11. The van der Waals surface area contributed by atoms with Gasteiger partial charge in [0.2, 0.25) is 0 Å². The van der Waals surface area contributed by atoms with Crippen molar-refractivity contribution in [1.82, 2.24) is 0 Å². The van der Waals surface area contributed by atoms with Crippen molar-refractivity contribution in [2.75, 3.05) is 6.61 Å². The van der Waals surface area contributed by atoms with Crippen molar-refractivity contribution in [3.05, 3.63) is 0 Å². The fraction of sp³-hybridized carbons (Fsp3) is 0.857. The molecule has 0 saturated heterocycles. The van der Waals surface area contributed by atoms with Crippen LogP contribution in [0.5, 0.6) is 0 Å². The standard InChI is InChI=1S/C7H13BrO2/c1-3-6(8)5-7(9)10-4-2/h6H,3-5H2,1-2H3/t6-/m1/s1. The Morgan fingerprint density at radius 1 is 1.60 bits per heavy atom. The van der Waals surface area contributed by atoms with Crippen LogP contribution in [0.3, 0.4) is 0 Å². The molecular weight excluding hydrogens is 196 g/mol. The van der Waals surface area contributed by atoms with Crippen LogP contribution in [0.25, 0.3) is 0 Å². The zero-order valence-corrected chi connectivity index (χ0v) is 7.98. The van der Waals surface area contributed by atoms with E-state index in [1.807, 2.05) is 13.8 Å². The molecule has 0 spiro atoms. The molecule has 0 aliphatic rings. The normalized spacial score (nSPS) is 12.7. The molecule has 2 nitrogen and oxygen atoms in total. The van der Waals surface area contributed by atoms with E-state index in [0.717, 1.165) is 6.42 Å². The van der Waals surface area contributed by atoms with Crippen LogP contribution < -0.4 is 0 Å². The molecule has 10 heavy (non-hydrogen) atoms. The Hall–Kier alpha value is -0.0500. The second-order valence-corrected chi connectivity index (χ2v) is 3.31. The highest BCUT2D eigenvalue weighted by Gasteiger charge is 2.07. The van der Waals surface area contributed by atoms with E-state index in [2.05, 4.69) is 15.9 Å². The van der Waals surface area contributed by atoms with E-state index < -0.39 is 0 Å². The summed E-state index contributed by atoms with van der Waals surface area (Å²) in [5.74, 6) is -0.119. The van der Waals surface area contributed by atoms with Gasteiger partial charge in [0, 0.05) is 4.83 Å². The average molecular weight is 209 g/mol. The first-order valence-corrected chi connectivity index (χ1v) is 4.42. The van der Waals surface area contributed by atoms with Crippen LogP contribution in [-0.2, 0) is 9.53 Å². The van der Waals surface area contributed by atoms with Crippen LogP contribution in [-0.4, -0.2) is 17.4 Å². The number of alkyl halides is 1. The first-order chi connectivity index (χ1) is 4.70. The number of rotatable bonds is 4. The molecular formula is C7H13BrO2. The van der Waals surface area contributed by atoms with Gasteiger partial charge in [0.25, 0.3) is 0 Å². The van der Waals surface area contributed by atoms with Gasteiger partial charge in [-0.2, -0.15) is 0 Å². The molecule has 0 aromatic heterocycles. The van der Waals surface area contributed by atoms with E-state index in [1.54, 1.807) is 0 Å². The van der Waals surface area contributed by atoms with Gasteiger partial charge < -0.3 is 4.74 Å². The Kier molecular flexibility index (Phi) is 5.69. The molecule has 0 aliphatic heterocycles. The molecule has 60 valence electrons. The molecule has 3 heteroatoms. The van der Waals surface area contributed by atoms with Gasteiger partial charge in [0.1, 0.15) is 0 Å². The average Bonchev–Trinajstić information content (AvgIpc) is 1.88. The Morgan fingerprint density at radius 3 is 2.60 bits per heavy atom. The van der Waals surface area contributed by atoms with Gasteiger partial charge in [-0.1, -0.05) is 22.9 Å². The molecule has 0 heterocycles. The lowest BCUT2D eigenvalue weighted by atomic mass is 10.2. The smallest absolute Gasteiger partial charge is 0.306 e. The maximum Gasteiger partial charge on any atom is 0.306 e. The van der Waals surface area contributed by atoms with Crippen LogP contribution in [0, 0.1) is 0 Å². The van der Waals surface area contributed by atoms with Gasteiger partial charge in [-0.15, -0.1) is 0 Å². The largest absolute Gasteiger partial charge is 0.466 e. The van der Waals surface area contributed by atoms with Crippen molar-refractivity contribution in [3.63, 3.8) is 0 Å². The van der Waals surface area contributed by atoms with E-state index >= 15 is 0 Å². The van der Waals surface area contributed by atoms with Crippen LogP contribution in [0.1, 0.15) is 26.7 Å². The van der Waals surface area contributed by atoms with Crippen LogP contribution in [0.2, 0.25) is 0 Å². The second-order valence-electron chi connectivity index (χ2n) is 2.01. The summed E-state index contributed by atoms with van der Waals surface area (Å²) < 4.78 is 4.75. The summed E-state index contributed by atoms with van der Waals surface area (Å²) in [5.41, 5.74) is 0. The predicted molar refractivity (Wildman–Crippen MR) is 44.3 cm³/mol. The molecule has 0 aromatic rings. The summed E-state index contributed by atoms with van der Waals surface area (Å²) in [6.45, 7) is 4.31. The summed E-state index contributed by atoms with van der Waals surface area (Å²) >= 11 is 3.35. The first kappa shape index (κ1) is 9.95. The maximum absolute atomic E-state index is 10.8. The lowest BCUT2D eigenvalue weighted by Gasteiger charge is -2.04. The summed E-state index contributed by atoms with van der Waals surface area (Å²) in [6.07, 6.45) is 1.43. The molecule has 0 radical (unpaired) electrons. The number of ether oxygens (including phenoxy) is 1. The highest BCUT2D eigenvalue weighted by atomic mass is 79.9. The van der Waals surface area contributed by atoms with Crippen LogP contribution >= 0.6 is 15.9 Å². The number of carbonyl (C=O) groups excluding carboxylic acids is 1. The minimum absolute atomic E-state index is 0.119. The number of esters is 1. The van der Waals surface area contributed by atoms with Crippen LogP contribution in [0.4, 0.5) is 0 Å². The van der Waals surface area contributed by atoms with Crippen molar-refractivity contribution in [3.8, 4) is 0 Å². The van der Waals surface area contributed by atoms with Crippen molar-refractivity contribution in [1.29, 1.82) is 0 Å². The minimum atomic E-state index is -0.119. The van der Waals surface area contributed by atoms with Gasteiger partial charge in [-0.3, -0.25) is 4.79 Å². The molecule has 0 rings (SSSR count). The third-order valence-electron chi connectivity index (χ3n) is 1.14.